The number of aliphatic carboxylic acids is 1. The molecule has 0 aromatic heterocycles. The largest absolute Gasteiger partial charge is 0.478 e. The number of fused-ring (bicyclic) bond motifs is 1. The molecule has 0 aromatic carbocycles. The van der Waals surface area contributed by atoms with E-state index in [1.54, 1.807) is 27.7 Å². The smallest absolute Gasteiger partial charge is 0.408 e. The van der Waals surface area contributed by atoms with Crippen molar-refractivity contribution in [3.8, 4) is 0 Å². The van der Waals surface area contributed by atoms with E-state index in [0.29, 0.717) is 5.75 Å². The van der Waals surface area contributed by atoms with E-state index in [0.717, 1.165) is 4.90 Å². The van der Waals surface area contributed by atoms with Crippen molar-refractivity contribution in [3.05, 3.63) is 0 Å². The van der Waals surface area contributed by atoms with Gasteiger partial charge in [0.05, 0.1) is 11.3 Å². The van der Waals surface area contributed by atoms with Gasteiger partial charge in [-0.05, 0) is 27.7 Å². The predicted octanol–water partition coefficient (Wildman–Crippen LogP) is -0.001000. The maximum atomic E-state index is 12.2. The van der Waals surface area contributed by atoms with Crippen LogP contribution in [0.5, 0.6) is 0 Å². The molecule has 0 radical (unpaired) electrons. The van der Waals surface area contributed by atoms with Crippen LogP contribution in [0.3, 0.4) is 0 Å². The van der Waals surface area contributed by atoms with Crippen LogP contribution in [0.1, 0.15) is 27.7 Å². The van der Waals surface area contributed by atoms with Crippen molar-refractivity contribution in [1.29, 1.82) is 0 Å². The van der Waals surface area contributed by atoms with Crippen molar-refractivity contribution in [2.24, 2.45) is 0 Å². The number of amides is 2. The maximum Gasteiger partial charge on any atom is 0.408 e. The van der Waals surface area contributed by atoms with Gasteiger partial charge >= 0.3 is 12.1 Å². The molecule has 0 saturated carbocycles. The monoisotopic (exact) mass is 332 g/mol. The van der Waals surface area contributed by atoms with Crippen LogP contribution in [0.15, 0.2) is 0 Å². The molecule has 2 heterocycles. The number of rotatable bonds is 2. The average molecular weight is 332 g/mol. The van der Waals surface area contributed by atoms with Gasteiger partial charge in [-0.25, -0.2) is 9.59 Å². The van der Waals surface area contributed by atoms with Crippen LogP contribution in [0.4, 0.5) is 4.79 Å². The van der Waals surface area contributed by atoms with E-state index >= 15 is 0 Å². The molecule has 0 spiro atoms. The molecule has 4 atom stereocenters. The Morgan fingerprint density at radius 2 is 2.05 bits per heavy atom. The number of hydrogen-bond donors (Lipinski definition) is 3. The molecule has 0 aromatic rings. The van der Waals surface area contributed by atoms with Crippen LogP contribution in [0.25, 0.3) is 0 Å². The van der Waals surface area contributed by atoms with E-state index in [9.17, 15) is 24.6 Å². The molecule has 124 valence electrons. The van der Waals surface area contributed by atoms with Gasteiger partial charge in [-0.3, -0.25) is 9.69 Å². The van der Waals surface area contributed by atoms with Gasteiger partial charge in [0.1, 0.15) is 11.6 Å². The number of carbonyl (C=O) groups is 3. The molecule has 0 bridgehead atoms. The van der Waals surface area contributed by atoms with Crippen molar-refractivity contribution in [3.63, 3.8) is 0 Å². The van der Waals surface area contributed by atoms with E-state index in [1.807, 2.05) is 0 Å². The molecule has 8 nitrogen and oxygen atoms in total. The third-order valence-corrected chi connectivity index (χ3v) is 5.02. The minimum Gasteiger partial charge on any atom is -0.478 e. The maximum absolute atomic E-state index is 12.2. The zero-order valence-corrected chi connectivity index (χ0v) is 13.6. The standard InChI is InChI=1S/C13H20N2O6S/c1-6-13(20,10(17)18)15-7(5-22-6)8(9(15)16)14-11(19)21-12(2,3)4/h6-8,20H,5H2,1-4H3,(H,14,19)(H,17,18)/t6?,7-,8+,13?/m0/s1. The lowest BCUT2D eigenvalue weighted by Gasteiger charge is -2.57. The number of nitrogens with one attached hydrogen (secondary N) is 1. The van der Waals surface area contributed by atoms with Crippen LogP contribution in [-0.2, 0) is 14.3 Å². The Morgan fingerprint density at radius 1 is 1.45 bits per heavy atom. The zero-order chi connectivity index (χ0) is 16.9. The number of carboxylic acid groups (broad SMARTS) is 1. The normalized spacial score (nSPS) is 34.5. The van der Waals surface area contributed by atoms with E-state index in [-0.39, 0.29) is 0 Å². The molecule has 0 aliphatic carbocycles. The molecule has 2 amide bonds. The van der Waals surface area contributed by atoms with Crippen molar-refractivity contribution in [1.82, 2.24) is 10.2 Å². The third kappa shape index (κ3) is 2.63. The minimum atomic E-state index is -2.25. The summed E-state index contributed by atoms with van der Waals surface area (Å²) in [6, 6.07) is -1.44. The highest BCUT2D eigenvalue weighted by Crippen LogP contribution is 2.42. The number of carboxylic acids is 1. The Balaban J connectivity index is 2.10. The van der Waals surface area contributed by atoms with E-state index in [4.69, 9.17) is 4.74 Å². The summed E-state index contributed by atoms with van der Waals surface area (Å²) in [6.07, 6.45) is -0.743. The third-order valence-electron chi connectivity index (χ3n) is 3.66. The van der Waals surface area contributed by atoms with Crippen molar-refractivity contribution < 1.29 is 29.3 Å². The number of hydrogen-bond acceptors (Lipinski definition) is 6. The summed E-state index contributed by atoms with van der Waals surface area (Å²) in [5, 5.41) is 21.4. The summed E-state index contributed by atoms with van der Waals surface area (Å²) >= 11 is 1.25. The number of aliphatic hydroxyl groups is 1. The van der Waals surface area contributed by atoms with Gasteiger partial charge in [-0.1, -0.05) is 0 Å². The summed E-state index contributed by atoms with van der Waals surface area (Å²) in [7, 11) is 0. The summed E-state index contributed by atoms with van der Waals surface area (Å²) in [5.41, 5.74) is -2.95. The molecule has 3 N–H and O–H groups in total. The number of carbonyl (C=O) groups excluding carboxylic acids is 2. The average Bonchev–Trinajstić information content (AvgIpc) is 2.36. The molecule has 2 saturated heterocycles. The fourth-order valence-corrected chi connectivity index (χ4v) is 3.83. The Morgan fingerprint density at radius 3 is 2.55 bits per heavy atom. The highest BCUT2D eigenvalue weighted by atomic mass is 32.2. The van der Waals surface area contributed by atoms with E-state index in [1.165, 1.54) is 11.8 Å². The summed E-state index contributed by atoms with van der Waals surface area (Å²) < 4.78 is 5.09. The number of nitrogens with zero attached hydrogens (tertiary/aromatic N) is 1. The highest BCUT2D eigenvalue weighted by Gasteiger charge is 2.64. The molecule has 2 aliphatic heterocycles. The summed E-state index contributed by atoms with van der Waals surface area (Å²) in [6.45, 7) is 6.64. The Kier molecular flexibility index (Phi) is 4.07. The van der Waals surface area contributed by atoms with Gasteiger partial charge in [0.2, 0.25) is 0 Å². The molecule has 2 fully saturated rings. The summed E-state index contributed by atoms with van der Waals surface area (Å²) in [5.74, 6) is -1.66. The first kappa shape index (κ1) is 16.9. The lowest BCUT2D eigenvalue weighted by atomic mass is 9.90. The number of alkyl carbamates (subject to hydrolysis) is 1. The van der Waals surface area contributed by atoms with Gasteiger partial charge in [0.25, 0.3) is 11.6 Å². The second kappa shape index (κ2) is 5.31. The fraction of sp³-hybridized carbons (Fsp3) is 0.769. The Labute approximate surface area is 132 Å². The number of ether oxygens (including phenoxy) is 1. The highest BCUT2D eigenvalue weighted by molar-refractivity contribution is 8.00. The quantitative estimate of drug-likeness (QED) is 0.609. The molecule has 2 unspecified atom stereocenters. The van der Waals surface area contributed by atoms with Crippen LogP contribution >= 0.6 is 11.8 Å². The first-order chi connectivity index (χ1) is 9.98. The van der Waals surface area contributed by atoms with Crippen molar-refractivity contribution in [2.45, 2.75) is 56.4 Å². The Bertz CT molecular complexity index is 519. The molecule has 2 aliphatic rings. The molecule has 22 heavy (non-hydrogen) atoms. The van der Waals surface area contributed by atoms with Gasteiger partial charge in [0, 0.05) is 5.75 Å². The van der Waals surface area contributed by atoms with E-state index < -0.39 is 46.6 Å². The number of β-lactam (4-membered cyclic amide) rings is 1. The fourth-order valence-electron chi connectivity index (χ4n) is 2.56. The molecular weight excluding hydrogens is 312 g/mol. The predicted molar refractivity (Wildman–Crippen MR) is 78.3 cm³/mol. The lowest BCUT2D eigenvalue weighted by Crippen LogP contribution is -2.82. The second-order valence-corrected chi connectivity index (χ2v) is 7.78. The first-order valence-corrected chi connectivity index (χ1v) is 7.93. The van der Waals surface area contributed by atoms with Crippen LogP contribution in [0, 0.1) is 0 Å². The molecular formula is C13H20N2O6S. The van der Waals surface area contributed by atoms with Gasteiger partial charge in [-0.15, -0.1) is 0 Å². The van der Waals surface area contributed by atoms with Crippen LogP contribution in [-0.4, -0.2) is 67.5 Å². The van der Waals surface area contributed by atoms with Crippen LogP contribution < -0.4 is 5.32 Å². The second-order valence-electron chi connectivity index (χ2n) is 6.41. The van der Waals surface area contributed by atoms with Crippen molar-refractivity contribution >= 4 is 29.7 Å². The topological polar surface area (TPSA) is 116 Å². The van der Waals surface area contributed by atoms with Gasteiger partial charge in [-0.2, -0.15) is 11.8 Å². The summed E-state index contributed by atoms with van der Waals surface area (Å²) in [4.78, 5) is 36.2. The number of thioether (sulfide) groups is 1. The van der Waals surface area contributed by atoms with Gasteiger partial charge < -0.3 is 20.3 Å². The SMILES string of the molecule is CC1SC[C@H]2[C@@H](NC(=O)OC(C)(C)C)C(=O)N2C1(O)C(=O)O. The van der Waals surface area contributed by atoms with Crippen LogP contribution in [0.2, 0.25) is 0 Å². The van der Waals surface area contributed by atoms with Gasteiger partial charge in [0.15, 0.2) is 0 Å². The molecule has 2 rings (SSSR count). The first-order valence-electron chi connectivity index (χ1n) is 6.88. The van der Waals surface area contributed by atoms with E-state index in [2.05, 4.69) is 5.32 Å². The zero-order valence-electron chi connectivity index (χ0n) is 12.8. The molecule has 9 heteroatoms. The lowest BCUT2D eigenvalue weighted by molar-refractivity contribution is -0.210. The Hall–Kier alpha value is -1.48. The minimum absolute atomic E-state index is 0.433. The van der Waals surface area contributed by atoms with Crippen molar-refractivity contribution in [2.75, 3.05) is 5.75 Å².